The van der Waals surface area contributed by atoms with Gasteiger partial charge in [-0.25, -0.2) is 4.98 Å². The summed E-state index contributed by atoms with van der Waals surface area (Å²) >= 11 is 1.62. The molecule has 4 heteroatoms. The lowest BCUT2D eigenvalue weighted by atomic mass is 10.4. The standard InChI is InChI=1S/C10H11N3S/c1-13-7-12-9(11)10(13)14-8-5-3-2-4-6-8/h2-7H,11H2,1H3. The molecule has 0 bridgehead atoms. The average Bonchev–Trinajstić information content (AvgIpc) is 2.51. The fraction of sp³-hybridized carbons (Fsp3) is 0.100. The highest BCUT2D eigenvalue weighted by molar-refractivity contribution is 7.99. The molecule has 1 aromatic carbocycles. The number of nitrogen functional groups attached to an aromatic ring is 1. The van der Waals surface area contributed by atoms with Crippen molar-refractivity contribution in [2.75, 3.05) is 5.73 Å². The van der Waals surface area contributed by atoms with Gasteiger partial charge in [0.25, 0.3) is 0 Å². The first-order valence-corrected chi connectivity index (χ1v) is 5.08. The molecule has 0 aliphatic carbocycles. The molecule has 1 heterocycles. The van der Waals surface area contributed by atoms with E-state index in [-0.39, 0.29) is 0 Å². The van der Waals surface area contributed by atoms with Crippen LogP contribution in [-0.4, -0.2) is 9.55 Å². The van der Waals surface area contributed by atoms with Gasteiger partial charge in [-0.15, -0.1) is 0 Å². The molecule has 0 saturated heterocycles. The van der Waals surface area contributed by atoms with Gasteiger partial charge < -0.3 is 10.3 Å². The zero-order chi connectivity index (χ0) is 9.97. The third kappa shape index (κ3) is 1.75. The van der Waals surface area contributed by atoms with Crippen molar-refractivity contribution >= 4 is 17.6 Å². The molecular weight excluding hydrogens is 194 g/mol. The molecule has 72 valence electrons. The lowest BCUT2D eigenvalue weighted by molar-refractivity contribution is 0.826. The van der Waals surface area contributed by atoms with Gasteiger partial charge in [-0.2, -0.15) is 0 Å². The number of aromatic nitrogens is 2. The van der Waals surface area contributed by atoms with Gasteiger partial charge in [-0.05, 0) is 12.1 Å². The largest absolute Gasteiger partial charge is 0.381 e. The van der Waals surface area contributed by atoms with Crippen molar-refractivity contribution in [3.05, 3.63) is 36.7 Å². The topological polar surface area (TPSA) is 43.8 Å². The smallest absolute Gasteiger partial charge is 0.156 e. The highest BCUT2D eigenvalue weighted by Gasteiger charge is 2.06. The Hall–Kier alpha value is -1.42. The van der Waals surface area contributed by atoms with Crippen molar-refractivity contribution in [1.29, 1.82) is 0 Å². The second-order valence-electron chi connectivity index (χ2n) is 2.96. The summed E-state index contributed by atoms with van der Waals surface area (Å²) < 4.78 is 1.92. The quantitative estimate of drug-likeness (QED) is 0.817. The third-order valence-corrected chi connectivity index (χ3v) is 3.07. The Bertz CT molecular complexity index is 403. The van der Waals surface area contributed by atoms with Crippen LogP contribution >= 0.6 is 11.8 Å². The molecule has 0 amide bonds. The van der Waals surface area contributed by atoms with Crippen LogP contribution < -0.4 is 5.73 Å². The molecule has 0 saturated carbocycles. The highest BCUT2D eigenvalue weighted by Crippen LogP contribution is 2.30. The van der Waals surface area contributed by atoms with Crippen molar-refractivity contribution < 1.29 is 0 Å². The Morgan fingerprint density at radius 1 is 1.29 bits per heavy atom. The SMILES string of the molecule is Cn1cnc(N)c1Sc1ccccc1. The number of nitrogens with zero attached hydrogens (tertiary/aromatic N) is 2. The van der Waals surface area contributed by atoms with Crippen LogP contribution in [0.4, 0.5) is 5.82 Å². The van der Waals surface area contributed by atoms with Crippen LogP contribution in [0.25, 0.3) is 0 Å². The van der Waals surface area contributed by atoms with Gasteiger partial charge in [0.15, 0.2) is 5.82 Å². The van der Waals surface area contributed by atoms with Gasteiger partial charge in [0, 0.05) is 11.9 Å². The molecular formula is C10H11N3S. The Labute approximate surface area is 87.0 Å². The summed E-state index contributed by atoms with van der Waals surface area (Å²) in [5.41, 5.74) is 5.74. The molecule has 2 N–H and O–H groups in total. The molecule has 0 spiro atoms. The minimum atomic E-state index is 0.585. The summed E-state index contributed by atoms with van der Waals surface area (Å²) in [5, 5.41) is 0.983. The fourth-order valence-corrected chi connectivity index (χ4v) is 2.03. The van der Waals surface area contributed by atoms with Crippen LogP contribution in [0, 0.1) is 0 Å². The Kier molecular flexibility index (Phi) is 2.45. The van der Waals surface area contributed by atoms with Gasteiger partial charge in [-0.1, -0.05) is 30.0 Å². The molecule has 2 aromatic rings. The van der Waals surface area contributed by atoms with E-state index in [9.17, 15) is 0 Å². The van der Waals surface area contributed by atoms with Crippen molar-refractivity contribution in [2.45, 2.75) is 9.92 Å². The Morgan fingerprint density at radius 2 is 2.00 bits per heavy atom. The Balaban J connectivity index is 2.27. The normalized spacial score (nSPS) is 10.4. The van der Waals surface area contributed by atoms with Gasteiger partial charge >= 0.3 is 0 Å². The van der Waals surface area contributed by atoms with Crippen LogP contribution in [0.5, 0.6) is 0 Å². The van der Waals surface area contributed by atoms with Gasteiger partial charge in [-0.3, -0.25) is 0 Å². The Morgan fingerprint density at radius 3 is 2.57 bits per heavy atom. The number of aryl methyl sites for hydroxylation is 1. The minimum Gasteiger partial charge on any atom is -0.381 e. The maximum Gasteiger partial charge on any atom is 0.156 e. The summed E-state index contributed by atoms with van der Waals surface area (Å²) in [5.74, 6) is 0.585. The van der Waals surface area contributed by atoms with E-state index in [4.69, 9.17) is 5.73 Å². The van der Waals surface area contributed by atoms with Crippen LogP contribution in [-0.2, 0) is 7.05 Å². The number of nitrogens with two attached hydrogens (primary N) is 1. The number of rotatable bonds is 2. The third-order valence-electron chi connectivity index (χ3n) is 1.87. The maximum atomic E-state index is 5.74. The van der Waals surface area contributed by atoms with Crippen LogP contribution in [0.2, 0.25) is 0 Å². The molecule has 3 nitrogen and oxygen atoms in total. The zero-order valence-corrected chi connectivity index (χ0v) is 8.66. The van der Waals surface area contributed by atoms with Crippen molar-refractivity contribution in [3.63, 3.8) is 0 Å². The average molecular weight is 205 g/mol. The zero-order valence-electron chi connectivity index (χ0n) is 7.84. The first-order valence-electron chi connectivity index (χ1n) is 4.27. The van der Waals surface area contributed by atoms with Gasteiger partial charge in [0.05, 0.1) is 6.33 Å². The van der Waals surface area contributed by atoms with Crippen molar-refractivity contribution in [2.24, 2.45) is 7.05 Å². The summed E-state index contributed by atoms with van der Waals surface area (Å²) in [7, 11) is 1.94. The summed E-state index contributed by atoms with van der Waals surface area (Å²) in [6.07, 6.45) is 1.72. The lowest BCUT2D eigenvalue weighted by Gasteiger charge is -2.02. The molecule has 1 aromatic heterocycles. The van der Waals surface area contributed by atoms with Gasteiger partial charge in [0.1, 0.15) is 5.03 Å². The van der Waals surface area contributed by atoms with Crippen molar-refractivity contribution in [3.8, 4) is 0 Å². The predicted octanol–water partition coefficient (Wildman–Crippen LogP) is 2.15. The molecule has 0 unspecified atom stereocenters. The van der Waals surface area contributed by atoms with E-state index >= 15 is 0 Å². The number of benzene rings is 1. The number of hydrogen-bond acceptors (Lipinski definition) is 3. The lowest BCUT2D eigenvalue weighted by Crippen LogP contribution is -1.91. The summed E-state index contributed by atoms with van der Waals surface area (Å²) in [6.45, 7) is 0. The monoisotopic (exact) mass is 205 g/mol. The van der Waals surface area contributed by atoms with E-state index in [1.165, 1.54) is 4.90 Å². The highest BCUT2D eigenvalue weighted by atomic mass is 32.2. The number of anilines is 1. The summed E-state index contributed by atoms with van der Waals surface area (Å²) in [6, 6.07) is 10.1. The molecule has 0 aliphatic heterocycles. The molecule has 0 fully saturated rings. The van der Waals surface area contributed by atoms with Gasteiger partial charge in [0.2, 0.25) is 0 Å². The fourth-order valence-electron chi connectivity index (χ4n) is 1.16. The molecule has 14 heavy (non-hydrogen) atoms. The first kappa shape index (κ1) is 9.15. The van der Waals surface area contributed by atoms with E-state index in [1.807, 2.05) is 29.8 Å². The van der Waals surface area contributed by atoms with E-state index in [1.54, 1.807) is 18.1 Å². The predicted molar refractivity (Wildman–Crippen MR) is 58.2 cm³/mol. The van der Waals surface area contributed by atoms with E-state index in [0.29, 0.717) is 5.82 Å². The van der Waals surface area contributed by atoms with Crippen LogP contribution in [0.1, 0.15) is 0 Å². The maximum absolute atomic E-state index is 5.74. The second-order valence-corrected chi connectivity index (χ2v) is 4.02. The summed E-state index contributed by atoms with van der Waals surface area (Å²) in [4.78, 5) is 5.20. The number of imidazole rings is 1. The number of hydrogen-bond donors (Lipinski definition) is 1. The molecule has 2 rings (SSSR count). The van der Waals surface area contributed by atoms with E-state index in [0.717, 1.165) is 5.03 Å². The van der Waals surface area contributed by atoms with Crippen LogP contribution in [0.15, 0.2) is 46.6 Å². The molecule has 0 atom stereocenters. The molecule has 0 aliphatic rings. The van der Waals surface area contributed by atoms with Crippen molar-refractivity contribution in [1.82, 2.24) is 9.55 Å². The first-order chi connectivity index (χ1) is 6.77. The van der Waals surface area contributed by atoms with E-state index < -0.39 is 0 Å². The van der Waals surface area contributed by atoms with E-state index in [2.05, 4.69) is 17.1 Å². The molecule has 0 radical (unpaired) electrons. The minimum absolute atomic E-state index is 0.585. The van der Waals surface area contributed by atoms with Crippen LogP contribution in [0.3, 0.4) is 0 Å². The second kappa shape index (κ2) is 3.75.